The Morgan fingerprint density at radius 2 is 2.21 bits per heavy atom. The SMILES string of the molecule is CCCCC(N)c1ncc(-c2ccc(C)c(F)c2)[nH]1. The summed E-state index contributed by atoms with van der Waals surface area (Å²) in [6, 6.07) is 5.09. The van der Waals surface area contributed by atoms with Gasteiger partial charge in [-0.1, -0.05) is 31.9 Å². The van der Waals surface area contributed by atoms with E-state index < -0.39 is 0 Å². The third-order valence-corrected chi connectivity index (χ3v) is 3.30. The molecule has 3 nitrogen and oxygen atoms in total. The number of imidazole rings is 1. The summed E-state index contributed by atoms with van der Waals surface area (Å²) < 4.78 is 13.5. The first-order valence-electron chi connectivity index (χ1n) is 6.68. The Morgan fingerprint density at radius 1 is 1.42 bits per heavy atom. The van der Waals surface area contributed by atoms with Crippen molar-refractivity contribution < 1.29 is 4.39 Å². The van der Waals surface area contributed by atoms with E-state index in [1.807, 2.05) is 6.07 Å². The van der Waals surface area contributed by atoms with Gasteiger partial charge in [-0.15, -0.1) is 0 Å². The molecule has 0 spiro atoms. The minimum atomic E-state index is -0.205. The van der Waals surface area contributed by atoms with E-state index in [0.29, 0.717) is 5.56 Å². The van der Waals surface area contributed by atoms with E-state index in [0.717, 1.165) is 36.3 Å². The molecule has 102 valence electrons. The lowest BCUT2D eigenvalue weighted by molar-refractivity contribution is 0.580. The molecule has 1 aromatic carbocycles. The normalized spacial score (nSPS) is 12.6. The highest BCUT2D eigenvalue weighted by atomic mass is 19.1. The van der Waals surface area contributed by atoms with E-state index in [2.05, 4.69) is 16.9 Å². The summed E-state index contributed by atoms with van der Waals surface area (Å²) in [5, 5.41) is 0. The van der Waals surface area contributed by atoms with Gasteiger partial charge >= 0.3 is 0 Å². The summed E-state index contributed by atoms with van der Waals surface area (Å²) in [6.45, 7) is 3.88. The van der Waals surface area contributed by atoms with Gasteiger partial charge < -0.3 is 10.7 Å². The molecule has 3 N–H and O–H groups in total. The lowest BCUT2D eigenvalue weighted by Gasteiger charge is -2.07. The molecule has 0 aliphatic carbocycles. The van der Waals surface area contributed by atoms with Gasteiger partial charge in [-0.3, -0.25) is 0 Å². The summed E-state index contributed by atoms with van der Waals surface area (Å²) in [6.07, 6.45) is 4.82. The fraction of sp³-hybridized carbons (Fsp3) is 0.400. The van der Waals surface area contributed by atoms with Gasteiger partial charge in [0.1, 0.15) is 11.6 Å². The monoisotopic (exact) mass is 261 g/mol. The van der Waals surface area contributed by atoms with Gasteiger partial charge in [-0.25, -0.2) is 9.37 Å². The number of hydrogen-bond donors (Lipinski definition) is 2. The molecule has 2 aromatic rings. The average molecular weight is 261 g/mol. The van der Waals surface area contributed by atoms with Gasteiger partial charge in [-0.2, -0.15) is 0 Å². The summed E-state index contributed by atoms with van der Waals surface area (Å²) >= 11 is 0. The average Bonchev–Trinajstić information content (AvgIpc) is 2.89. The van der Waals surface area contributed by atoms with Crippen molar-refractivity contribution in [1.29, 1.82) is 0 Å². The van der Waals surface area contributed by atoms with Crippen molar-refractivity contribution in [1.82, 2.24) is 9.97 Å². The Labute approximate surface area is 113 Å². The smallest absolute Gasteiger partial charge is 0.126 e. The zero-order chi connectivity index (χ0) is 13.8. The molecule has 0 amide bonds. The summed E-state index contributed by atoms with van der Waals surface area (Å²) in [5.74, 6) is 0.563. The zero-order valence-corrected chi connectivity index (χ0v) is 11.4. The van der Waals surface area contributed by atoms with Crippen LogP contribution in [-0.4, -0.2) is 9.97 Å². The molecule has 4 heteroatoms. The predicted molar refractivity (Wildman–Crippen MR) is 75.2 cm³/mol. The fourth-order valence-corrected chi connectivity index (χ4v) is 1.99. The number of halogens is 1. The Hall–Kier alpha value is -1.68. The van der Waals surface area contributed by atoms with E-state index in [1.165, 1.54) is 6.07 Å². The van der Waals surface area contributed by atoms with Gasteiger partial charge in [0.05, 0.1) is 17.9 Å². The molecule has 1 aromatic heterocycles. The number of nitrogens with one attached hydrogen (secondary N) is 1. The van der Waals surface area contributed by atoms with Crippen LogP contribution in [0.4, 0.5) is 4.39 Å². The Morgan fingerprint density at radius 3 is 2.89 bits per heavy atom. The predicted octanol–water partition coefficient (Wildman–Crippen LogP) is 3.71. The summed E-state index contributed by atoms with van der Waals surface area (Å²) in [5.41, 5.74) is 8.30. The second kappa shape index (κ2) is 5.97. The molecule has 0 aliphatic rings. The lowest BCUT2D eigenvalue weighted by atomic mass is 10.1. The van der Waals surface area contributed by atoms with Crippen LogP contribution in [0.2, 0.25) is 0 Å². The first kappa shape index (κ1) is 13.7. The van der Waals surface area contributed by atoms with Crippen molar-refractivity contribution >= 4 is 0 Å². The lowest BCUT2D eigenvalue weighted by Crippen LogP contribution is -2.11. The number of aromatic nitrogens is 2. The first-order chi connectivity index (χ1) is 9.11. The molecule has 19 heavy (non-hydrogen) atoms. The van der Waals surface area contributed by atoms with Gasteiger partial charge in [-0.05, 0) is 25.0 Å². The second-order valence-corrected chi connectivity index (χ2v) is 4.89. The van der Waals surface area contributed by atoms with Gasteiger partial charge in [0, 0.05) is 5.56 Å². The number of benzene rings is 1. The summed E-state index contributed by atoms with van der Waals surface area (Å²) in [4.78, 5) is 7.48. The third-order valence-electron chi connectivity index (χ3n) is 3.30. The molecule has 1 atom stereocenters. The number of hydrogen-bond acceptors (Lipinski definition) is 2. The van der Waals surface area contributed by atoms with Crippen molar-refractivity contribution in [2.45, 2.75) is 39.2 Å². The van der Waals surface area contributed by atoms with E-state index in [9.17, 15) is 4.39 Å². The number of H-pyrrole nitrogens is 1. The summed E-state index contributed by atoms with van der Waals surface area (Å²) in [7, 11) is 0. The molecule has 0 fully saturated rings. The van der Waals surface area contributed by atoms with Crippen LogP contribution in [0, 0.1) is 12.7 Å². The molecule has 2 rings (SSSR count). The third kappa shape index (κ3) is 3.20. The van der Waals surface area contributed by atoms with Crippen LogP contribution in [0.1, 0.15) is 43.6 Å². The topological polar surface area (TPSA) is 54.7 Å². The van der Waals surface area contributed by atoms with Crippen molar-refractivity contribution in [3.05, 3.63) is 41.6 Å². The number of nitrogens with two attached hydrogens (primary N) is 1. The quantitative estimate of drug-likeness (QED) is 0.862. The van der Waals surface area contributed by atoms with Crippen LogP contribution >= 0.6 is 0 Å². The molecule has 0 bridgehead atoms. The molecule has 0 aliphatic heterocycles. The maximum atomic E-state index is 13.5. The van der Waals surface area contributed by atoms with Crippen LogP contribution in [0.3, 0.4) is 0 Å². The maximum absolute atomic E-state index is 13.5. The molecule has 0 saturated heterocycles. The number of unbranched alkanes of at least 4 members (excludes halogenated alkanes) is 1. The molecule has 1 heterocycles. The fourth-order valence-electron chi connectivity index (χ4n) is 1.99. The van der Waals surface area contributed by atoms with E-state index in [-0.39, 0.29) is 11.9 Å². The van der Waals surface area contributed by atoms with Crippen LogP contribution < -0.4 is 5.73 Å². The van der Waals surface area contributed by atoms with Crippen molar-refractivity contribution in [3.8, 4) is 11.3 Å². The minimum absolute atomic E-state index is 0.0796. The van der Waals surface area contributed by atoms with Gasteiger partial charge in [0.25, 0.3) is 0 Å². The first-order valence-corrected chi connectivity index (χ1v) is 6.68. The standard InChI is InChI=1S/C15H20FN3/c1-3-4-5-13(17)15-18-9-14(19-15)11-7-6-10(2)12(16)8-11/h6-9,13H,3-5,17H2,1-2H3,(H,18,19). The highest BCUT2D eigenvalue weighted by molar-refractivity contribution is 5.59. The number of aromatic amines is 1. The van der Waals surface area contributed by atoms with Crippen LogP contribution in [0.15, 0.2) is 24.4 Å². The Kier molecular flexibility index (Phi) is 4.32. The van der Waals surface area contributed by atoms with Crippen LogP contribution in [0.25, 0.3) is 11.3 Å². The Bertz CT molecular complexity index is 548. The molecular formula is C15H20FN3. The van der Waals surface area contributed by atoms with Gasteiger partial charge in [0.2, 0.25) is 0 Å². The highest BCUT2D eigenvalue weighted by Gasteiger charge is 2.11. The Balaban J connectivity index is 2.18. The number of rotatable bonds is 5. The van der Waals surface area contributed by atoms with Crippen LogP contribution in [-0.2, 0) is 0 Å². The molecule has 1 unspecified atom stereocenters. The molecule has 0 radical (unpaired) electrons. The van der Waals surface area contributed by atoms with Crippen molar-refractivity contribution in [2.75, 3.05) is 0 Å². The van der Waals surface area contributed by atoms with Crippen molar-refractivity contribution in [3.63, 3.8) is 0 Å². The van der Waals surface area contributed by atoms with Crippen molar-refractivity contribution in [2.24, 2.45) is 5.73 Å². The van der Waals surface area contributed by atoms with Crippen LogP contribution in [0.5, 0.6) is 0 Å². The zero-order valence-electron chi connectivity index (χ0n) is 11.4. The van der Waals surface area contributed by atoms with E-state index in [1.54, 1.807) is 19.2 Å². The second-order valence-electron chi connectivity index (χ2n) is 4.89. The van der Waals surface area contributed by atoms with Gasteiger partial charge in [0.15, 0.2) is 0 Å². The van der Waals surface area contributed by atoms with E-state index >= 15 is 0 Å². The number of aryl methyl sites for hydroxylation is 1. The maximum Gasteiger partial charge on any atom is 0.126 e. The molecule has 0 saturated carbocycles. The highest BCUT2D eigenvalue weighted by Crippen LogP contribution is 2.22. The largest absolute Gasteiger partial charge is 0.341 e. The number of nitrogens with zero attached hydrogens (tertiary/aromatic N) is 1. The van der Waals surface area contributed by atoms with E-state index in [4.69, 9.17) is 5.73 Å². The minimum Gasteiger partial charge on any atom is -0.341 e. The molecular weight excluding hydrogens is 241 g/mol.